The molecule has 0 aromatic carbocycles. The molecule has 110 valence electrons. The van der Waals surface area contributed by atoms with Crippen LogP contribution in [0, 0.1) is 0 Å². The van der Waals surface area contributed by atoms with E-state index in [9.17, 15) is 4.79 Å². The van der Waals surface area contributed by atoms with E-state index < -0.39 is 0 Å². The van der Waals surface area contributed by atoms with E-state index in [4.69, 9.17) is 5.21 Å². The lowest BCUT2D eigenvalue weighted by Gasteiger charge is -1.96. The van der Waals surface area contributed by atoms with Gasteiger partial charge in [-0.15, -0.1) is 0 Å². The standard InChI is InChI=1S/C7H7BrN2O.C7H6BrNO/c1-5(10-11)6-3-2-4-7(8)9-6;1-5(10)6-3-2-4-7(8)9-6/h2-4,11H,1H3;2-4H,1H3/b10-5+;. The fourth-order valence-electron chi connectivity index (χ4n) is 1.27. The molecule has 2 aromatic heterocycles. The van der Waals surface area contributed by atoms with Crippen molar-refractivity contribution in [2.45, 2.75) is 13.8 Å². The van der Waals surface area contributed by atoms with Crippen LogP contribution >= 0.6 is 31.9 Å². The molecule has 1 N–H and O–H groups in total. The highest BCUT2D eigenvalue weighted by Crippen LogP contribution is 2.07. The van der Waals surface area contributed by atoms with Gasteiger partial charge in [-0.05, 0) is 63.0 Å². The highest BCUT2D eigenvalue weighted by atomic mass is 79.9. The van der Waals surface area contributed by atoms with Crippen LogP contribution in [-0.4, -0.2) is 26.7 Å². The van der Waals surface area contributed by atoms with Gasteiger partial charge in [-0.3, -0.25) is 4.79 Å². The maximum Gasteiger partial charge on any atom is 0.178 e. The zero-order valence-corrected chi connectivity index (χ0v) is 14.6. The van der Waals surface area contributed by atoms with E-state index in [0.717, 1.165) is 4.60 Å². The van der Waals surface area contributed by atoms with Crippen LogP contribution < -0.4 is 0 Å². The van der Waals surface area contributed by atoms with Crippen LogP contribution in [0.1, 0.15) is 30.0 Å². The molecule has 0 unspecified atom stereocenters. The number of Topliss-reactive ketones (excluding diaryl/α,β-unsaturated/α-hetero) is 1. The first-order valence-corrected chi connectivity index (χ1v) is 7.47. The summed E-state index contributed by atoms with van der Waals surface area (Å²) in [6, 6.07) is 10.7. The van der Waals surface area contributed by atoms with Crippen LogP contribution in [0.2, 0.25) is 0 Å². The molecule has 0 atom stereocenters. The van der Waals surface area contributed by atoms with E-state index in [0.29, 0.717) is 21.7 Å². The Bertz CT molecular complexity index is 660. The van der Waals surface area contributed by atoms with Crippen LogP contribution in [0.25, 0.3) is 0 Å². The Kier molecular flexibility index (Phi) is 7.18. The minimum absolute atomic E-state index is 0.0127. The summed E-state index contributed by atoms with van der Waals surface area (Å²) in [6.07, 6.45) is 0. The quantitative estimate of drug-likeness (QED) is 0.264. The molecule has 0 amide bonds. The lowest BCUT2D eigenvalue weighted by Crippen LogP contribution is -1.97. The van der Waals surface area contributed by atoms with Crippen molar-refractivity contribution < 1.29 is 10.0 Å². The molecular weight excluding hydrogens is 402 g/mol. The van der Waals surface area contributed by atoms with Gasteiger partial charge in [0.15, 0.2) is 5.78 Å². The van der Waals surface area contributed by atoms with Crippen LogP contribution in [-0.2, 0) is 0 Å². The molecule has 2 aromatic rings. The lowest BCUT2D eigenvalue weighted by molar-refractivity contribution is 0.101. The number of rotatable bonds is 2. The Morgan fingerprint density at radius 2 is 1.48 bits per heavy atom. The minimum atomic E-state index is -0.0127. The molecule has 0 saturated carbocycles. The van der Waals surface area contributed by atoms with Crippen molar-refractivity contribution >= 4 is 43.4 Å². The van der Waals surface area contributed by atoms with E-state index in [1.54, 1.807) is 31.2 Å². The van der Waals surface area contributed by atoms with Crippen molar-refractivity contribution in [2.24, 2.45) is 5.16 Å². The van der Waals surface area contributed by atoms with Gasteiger partial charge in [-0.25, -0.2) is 9.97 Å². The smallest absolute Gasteiger partial charge is 0.178 e. The van der Waals surface area contributed by atoms with Crippen molar-refractivity contribution in [3.63, 3.8) is 0 Å². The van der Waals surface area contributed by atoms with E-state index in [-0.39, 0.29) is 5.78 Å². The van der Waals surface area contributed by atoms with Gasteiger partial charge >= 0.3 is 0 Å². The van der Waals surface area contributed by atoms with Gasteiger partial charge in [0.05, 0.1) is 5.69 Å². The molecular formula is C14H13Br2N3O2. The van der Waals surface area contributed by atoms with Crippen molar-refractivity contribution in [1.82, 2.24) is 9.97 Å². The van der Waals surface area contributed by atoms with Crippen molar-refractivity contribution in [3.8, 4) is 0 Å². The number of hydrogen-bond acceptors (Lipinski definition) is 5. The predicted octanol–water partition coefficient (Wildman–Crippen LogP) is 4.09. The molecule has 7 heteroatoms. The maximum absolute atomic E-state index is 10.7. The first-order valence-electron chi connectivity index (χ1n) is 5.89. The van der Waals surface area contributed by atoms with E-state index >= 15 is 0 Å². The zero-order valence-electron chi connectivity index (χ0n) is 11.4. The Morgan fingerprint density at radius 1 is 1.00 bits per heavy atom. The summed E-state index contributed by atoms with van der Waals surface area (Å²) in [7, 11) is 0. The number of aromatic nitrogens is 2. The number of ketones is 1. The number of hydrogen-bond donors (Lipinski definition) is 1. The molecule has 0 aliphatic heterocycles. The molecule has 0 aliphatic rings. The molecule has 0 bridgehead atoms. The van der Waals surface area contributed by atoms with Crippen LogP contribution in [0.4, 0.5) is 0 Å². The summed E-state index contributed by atoms with van der Waals surface area (Å²) in [5.74, 6) is -0.0127. The summed E-state index contributed by atoms with van der Waals surface area (Å²) in [4.78, 5) is 18.7. The normalized spacial score (nSPS) is 10.6. The van der Waals surface area contributed by atoms with E-state index in [1.165, 1.54) is 6.92 Å². The van der Waals surface area contributed by atoms with E-state index in [1.807, 2.05) is 12.1 Å². The van der Waals surface area contributed by atoms with Gasteiger partial charge in [-0.2, -0.15) is 0 Å². The Labute approximate surface area is 139 Å². The largest absolute Gasteiger partial charge is 0.411 e. The van der Waals surface area contributed by atoms with Gasteiger partial charge in [0.1, 0.15) is 20.6 Å². The van der Waals surface area contributed by atoms with Crippen LogP contribution in [0.3, 0.4) is 0 Å². The molecule has 21 heavy (non-hydrogen) atoms. The van der Waals surface area contributed by atoms with Gasteiger partial charge in [0.2, 0.25) is 0 Å². The molecule has 0 spiro atoms. The third-order valence-electron chi connectivity index (χ3n) is 2.31. The Morgan fingerprint density at radius 3 is 1.86 bits per heavy atom. The predicted molar refractivity (Wildman–Crippen MR) is 87.9 cm³/mol. The molecule has 0 aliphatic carbocycles. The number of carbonyl (C=O) groups excluding carboxylic acids is 1. The summed E-state index contributed by atoms with van der Waals surface area (Å²) >= 11 is 6.38. The highest BCUT2D eigenvalue weighted by molar-refractivity contribution is 9.10. The number of halogens is 2. The fraction of sp³-hybridized carbons (Fsp3) is 0.143. The maximum atomic E-state index is 10.7. The molecule has 0 fully saturated rings. The average Bonchev–Trinajstić information content (AvgIpc) is 2.47. The average molecular weight is 415 g/mol. The fourth-order valence-corrected chi connectivity index (χ4v) is 1.95. The number of nitrogens with zero attached hydrogens (tertiary/aromatic N) is 3. The molecule has 0 radical (unpaired) electrons. The molecule has 2 heterocycles. The molecule has 0 saturated heterocycles. The first kappa shape index (κ1) is 17.5. The summed E-state index contributed by atoms with van der Waals surface area (Å²) < 4.78 is 1.43. The Balaban J connectivity index is 0.000000211. The SMILES string of the molecule is C/C(=N\O)c1cccc(Br)n1.CC(=O)c1cccc(Br)n1. The van der Waals surface area contributed by atoms with Gasteiger partial charge in [-0.1, -0.05) is 17.3 Å². The molecule has 2 rings (SSSR count). The summed E-state index contributed by atoms with van der Waals surface area (Å²) in [5.41, 5.74) is 1.67. The molecule has 5 nitrogen and oxygen atoms in total. The topological polar surface area (TPSA) is 75.4 Å². The first-order chi connectivity index (χ1) is 9.93. The highest BCUT2D eigenvalue weighted by Gasteiger charge is 1.99. The Hall–Kier alpha value is -1.60. The van der Waals surface area contributed by atoms with E-state index in [2.05, 4.69) is 47.0 Å². The van der Waals surface area contributed by atoms with Crippen LogP contribution in [0.15, 0.2) is 50.8 Å². The van der Waals surface area contributed by atoms with Crippen LogP contribution in [0.5, 0.6) is 0 Å². The number of pyridine rings is 2. The third-order valence-corrected chi connectivity index (χ3v) is 3.19. The van der Waals surface area contributed by atoms with Gasteiger partial charge in [0, 0.05) is 6.92 Å². The lowest BCUT2D eigenvalue weighted by atomic mass is 10.3. The number of oxime groups is 1. The number of carbonyl (C=O) groups is 1. The summed E-state index contributed by atoms with van der Waals surface area (Å²) in [6.45, 7) is 3.18. The second-order valence-corrected chi connectivity index (χ2v) is 5.56. The third kappa shape index (κ3) is 6.14. The second-order valence-electron chi connectivity index (χ2n) is 3.93. The van der Waals surface area contributed by atoms with Crippen molar-refractivity contribution in [1.29, 1.82) is 0 Å². The minimum Gasteiger partial charge on any atom is -0.411 e. The summed E-state index contributed by atoms with van der Waals surface area (Å²) in [5, 5.41) is 11.4. The zero-order chi connectivity index (χ0) is 15.8. The van der Waals surface area contributed by atoms with Gasteiger partial charge in [0.25, 0.3) is 0 Å². The second kappa shape index (κ2) is 8.63. The van der Waals surface area contributed by atoms with Crippen molar-refractivity contribution in [3.05, 3.63) is 57.0 Å². The monoisotopic (exact) mass is 413 g/mol. The van der Waals surface area contributed by atoms with Crippen molar-refractivity contribution in [2.75, 3.05) is 0 Å². The van der Waals surface area contributed by atoms with Gasteiger partial charge < -0.3 is 5.21 Å².